The number of aromatic hydroxyl groups is 1. The maximum absolute atomic E-state index is 13.1. The summed E-state index contributed by atoms with van der Waals surface area (Å²) in [6, 6.07) is 32.7. The molecule has 372 valence electrons. The molecule has 0 spiro atoms. The van der Waals surface area contributed by atoms with Crippen molar-refractivity contribution in [1.29, 1.82) is 0 Å². The first kappa shape index (κ1) is 56.6. The lowest BCUT2D eigenvalue weighted by atomic mass is 10.1. The van der Waals surface area contributed by atoms with Crippen molar-refractivity contribution < 1.29 is 65.1 Å². The van der Waals surface area contributed by atoms with Gasteiger partial charge in [-0.2, -0.15) is 26.3 Å². The Morgan fingerprint density at radius 2 is 1.04 bits per heavy atom. The van der Waals surface area contributed by atoms with Crippen LogP contribution in [0.1, 0.15) is 62.4 Å². The Bertz CT molecular complexity index is 2930. The lowest BCUT2D eigenvalue weighted by molar-refractivity contribution is -0.146. The molecule has 0 aliphatic rings. The van der Waals surface area contributed by atoms with Gasteiger partial charge in [-0.3, -0.25) is 4.79 Å². The van der Waals surface area contributed by atoms with E-state index in [1.807, 2.05) is 24.3 Å². The molecule has 8 rings (SSSR count). The molecule has 2 N–H and O–H groups in total. The summed E-state index contributed by atoms with van der Waals surface area (Å²) in [5.41, 5.74) is 1.79. The number of nitrogens with zero attached hydrogens (tertiary/aromatic N) is 6. The Hall–Kier alpha value is -7.68. The number of alkyl halides is 7. The van der Waals surface area contributed by atoms with Crippen LogP contribution in [0.4, 0.5) is 26.3 Å². The minimum atomic E-state index is -4.62. The molecule has 0 saturated heterocycles. The number of carbonyl (C=O) groups is 2. The van der Waals surface area contributed by atoms with Gasteiger partial charge in [-0.1, -0.05) is 92.8 Å². The second-order valence-corrected chi connectivity index (χ2v) is 14.8. The number of hydrogen-bond acceptors (Lipinski definition) is 11. The first-order valence-electron chi connectivity index (χ1n) is 19.6. The van der Waals surface area contributed by atoms with Crippen molar-refractivity contribution in [3.05, 3.63) is 156 Å². The van der Waals surface area contributed by atoms with E-state index < -0.39 is 46.3 Å². The van der Waals surface area contributed by atoms with Gasteiger partial charge in [0.25, 0.3) is 0 Å². The van der Waals surface area contributed by atoms with E-state index in [2.05, 4.69) is 36.3 Å². The van der Waals surface area contributed by atoms with Crippen molar-refractivity contribution in [3.63, 3.8) is 0 Å². The molecule has 21 heteroatoms. The number of phenolic OH excluding ortho intramolecular Hbond substituents is 1. The highest BCUT2D eigenvalue weighted by molar-refractivity contribution is 9.09. The average molecular weight is 1040 g/mol. The second kappa shape index (κ2) is 24.6. The van der Waals surface area contributed by atoms with Gasteiger partial charge in [-0.05, 0) is 79.2 Å². The van der Waals surface area contributed by atoms with Crippen LogP contribution in [0, 0.1) is 0 Å². The summed E-state index contributed by atoms with van der Waals surface area (Å²) in [7, 11) is 3.03. The summed E-state index contributed by atoms with van der Waals surface area (Å²) in [6.07, 6.45) is -10.7. The maximum atomic E-state index is 13.1. The topological polar surface area (TPSA) is 173 Å². The van der Waals surface area contributed by atoms with E-state index in [1.165, 1.54) is 47.0 Å². The summed E-state index contributed by atoms with van der Waals surface area (Å²) < 4.78 is 97.4. The maximum Gasteiger partial charge on any atom is 0.416 e. The molecule has 8 aromatic rings. The number of benzene rings is 6. The molecule has 0 aliphatic heterocycles. The van der Waals surface area contributed by atoms with E-state index in [9.17, 15) is 46.1 Å². The number of hydrogen-bond donors (Lipinski definition) is 2. The number of carboxylic acids is 1. The summed E-state index contributed by atoms with van der Waals surface area (Å²) in [6.45, 7) is 1.81. The van der Waals surface area contributed by atoms with Gasteiger partial charge < -0.3 is 29.2 Å². The van der Waals surface area contributed by atoms with Crippen molar-refractivity contribution in [2.45, 2.75) is 52.5 Å². The highest BCUT2D eigenvalue weighted by atomic mass is 79.9. The SMILES string of the molecule is C.C.C.CCOC(=O)C(Br)c1cccc(C(F)(F)F)c1.COc1ccc(O)c(-n2nc3ccccc3n2)c1.COc1ccc(OC(C(=O)O)c2cccc(C(F)(F)F)c2)c(-n2nc3ccccc3n2)c1. The van der Waals surface area contributed by atoms with Crippen LogP contribution in [-0.4, -0.2) is 73.0 Å². The number of rotatable bonds is 11. The first-order chi connectivity index (χ1) is 31.9. The Morgan fingerprint density at radius 3 is 1.49 bits per heavy atom. The van der Waals surface area contributed by atoms with Crippen molar-refractivity contribution in [2.24, 2.45) is 0 Å². The van der Waals surface area contributed by atoms with Gasteiger partial charge in [0.2, 0.25) is 6.10 Å². The Morgan fingerprint density at radius 1 is 0.614 bits per heavy atom. The molecule has 2 heterocycles. The molecule has 6 aromatic carbocycles. The summed E-state index contributed by atoms with van der Waals surface area (Å²) in [5.74, 6) is -0.827. The predicted molar refractivity (Wildman–Crippen MR) is 255 cm³/mol. The van der Waals surface area contributed by atoms with E-state index >= 15 is 0 Å². The molecule has 70 heavy (non-hydrogen) atoms. The number of ether oxygens (including phenoxy) is 4. The number of fused-ring (bicyclic) bond motifs is 2. The third-order valence-electron chi connectivity index (χ3n) is 9.34. The lowest BCUT2D eigenvalue weighted by Gasteiger charge is -2.19. The van der Waals surface area contributed by atoms with Crippen LogP contribution in [0.15, 0.2) is 133 Å². The van der Waals surface area contributed by atoms with Crippen molar-refractivity contribution in [1.82, 2.24) is 30.0 Å². The molecule has 2 unspecified atom stereocenters. The number of methoxy groups -OCH3 is 2. The molecule has 2 aromatic heterocycles. The number of carbonyl (C=O) groups excluding carboxylic acids is 1. The van der Waals surface area contributed by atoms with E-state index in [-0.39, 0.29) is 57.2 Å². The van der Waals surface area contributed by atoms with E-state index in [0.29, 0.717) is 28.2 Å². The number of carboxylic acid groups (broad SMARTS) is 1. The molecule has 0 saturated carbocycles. The van der Waals surface area contributed by atoms with Gasteiger partial charge in [-0.25, -0.2) is 4.79 Å². The standard InChI is InChI=1S/C22H16F3N3O4.C13H11N3O2.C11H10BrF3O2.3CH4/c1-31-15-9-10-19(18(12-15)28-26-16-7-2-3-8-17(16)27-28)32-20(21(29)30)13-5-4-6-14(11-13)22(23,24)25;1-18-9-6-7-13(17)12(8-9)16-14-10-4-2-3-5-11(10)15-16;1-2-17-10(16)9(12)7-4-3-5-8(6-7)11(13,14)15;;;/h2-12,20H,1H3,(H,29,30);2-8,17H,1H3;3-6,9H,2H2,1H3;3*1H4. The zero-order valence-corrected chi connectivity index (χ0v) is 36.8. The molecule has 0 bridgehead atoms. The average Bonchev–Trinajstić information content (AvgIpc) is 3.96. The highest BCUT2D eigenvalue weighted by Crippen LogP contribution is 2.36. The lowest BCUT2D eigenvalue weighted by Crippen LogP contribution is -2.20. The summed E-state index contributed by atoms with van der Waals surface area (Å²) in [5, 5.41) is 36.9. The van der Waals surface area contributed by atoms with Gasteiger partial charge in [0.05, 0.1) is 32.0 Å². The smallest absolute Gasteiger partial charge is 0.416 e. The quantitative estimate of drug-likeness (QED) is 0.0714. The van der Waals surface area contributed by atoms with E-state index in [0.717, 1.165) is 41.4 Å². The number of aliphatic carboxylic acids is 1. The van der Waals surface area contributed by atoms with Crippen molar-refractivity contribution in [2.75, 3.05) is 20.8 Å². The zero-order chi connectivity index (χ0) is 48.5. The van der Waals surface area contributed by atoms with E-state index in [1.54, 1.807) is 62.6 Å². The minimum absolute atomic E-state index is 0. The first-order valence-corrected chi connectivity index (χ1v) is 20.6. The van der Waals surface area contributed by atoms with Crippen LogP contribution in [0.5, 0.6) is 23.0 Å². The van der Waals surface area contributed by atoms with Gasteiger partial charge in [0.15, 0.2) is 0 Å². The zero-order valence-electron chi connectivity index (χ0n) is 35.2. The van der Waals surface area contributed by atoms with Crippen molar-refractivity contribution >= 4 is 49.9 Å². The predicted octanol–water partition coefficient (Wildman–Crippen LogP) is 12.4. The highest BCUT2D eigenvalue weighted by Gasteiger charge is 2.33. The van der Waals surface area contributed by atoms with Gasteiger partial charge in [0.1, 0.15) is 61.3 Å². The molecule has 0 amide bonds. The fraction of sp³-hybridized carbons (Fsp3) is 0.224. The number of aromatic nitrogens is 6. The third-order valence-corrected chi connectivity index (χ3v) is 10.2. The van der Waals surface area contributed by atoms with Crippen LogP contribution in [0.3, 0.4) is 0 Å². The summed E-state index contributed by atoms with van der Waals surface area (Å²) >= 11 is 3.01. The summed E-state index contributed by atoms with van der Waals surface area (Å²) in [4.78, 5) is 25.0. The molecule has 0 fully saturated rings. The molecular formula is C49H49BrF6N6O8. The molecule has 0 radical (unpaired) electrons. The Kier molecular flexibility index (Phi) is 19.9. The molecule has 14 nitrogen and oxygen atoms in total. The van der Waals surface area contributed by atoms with Crippen LogP contribution in [-0.2, 0) is 26.7 Å². The fourth-order valence-corrected chi connectivity index (χ4v) is 6.51. The number of phenols is 1. The van der Waals surface area contributed by atoms with Crippen LogP contribution < -0.4 is 14.2 Å². The van der Waals surface area contributed by atoms with E-state index in [4.69, 9.17) is 18.9 Å². The second-order valence-electron chi connectivity index (χ2n) is 13.8. The number of esters is 1. The minimum Gasteiger partial charge on any atom is -0.506 e. The largest absolute Gasteiger partial charge is 0.506 e. The Labute approximate surface area is 407 Å². The number of halogens is 7. The van der Waals surface area contributed by atoms with Crippen LogP contribution in [0.2, 0.25) is 0 Å². The molecule has 0 aliphatic carbocycles. The third kappa shape index (κ3) is 14.0. The van der Waals surface area contributed by atoms with Crippen LogP contribution >= 0.6 is 15.9 Å². The normalized spacial score (nSPS) is 11.7. The van der Waals surface area contributed by atoms with Crippen molar-refractivity contribution in [3.8, 4) is 34.4 Å². The van der Waals surface area contributed by atoms with Gasteiger partial charge in [-0.15, -0.1) is 30.0 Å². The molecular weight excluding hydrogens is 994 g/mol. The van der Waals surface area contributed by atoms with Gasteiger partial charge >= 0.3 is 24.3 Å². The molecule has 2 atom stereocenters. The van der Waals surface area contributed by atoms with Gasteiger partial charge in [0, 0.05) is 17.7 Å². The van der Waals surface area contributed by atoms with Crippen LogP contribution in [0.25, 0.3) is 33.4 Å². The Balaban J connectivity index is 0.000000293. The monoisotopic (exact) mass is 1040 g/mol. The fourth-order valence-electron chi connectivity index (χ4n) is 6.10.